The van der Waals surface area contributed by atoms with Crippen LogP contribution in [-0.4, -0.2) is 76.1 Å². The van der Waals surface area contributed by atoms with E-state index in [9.17, 15) is 29.1 Å². The lowest BCUT2D eigenvalue weighted by atomic mass is 10.0. The number of nitrogens with two attached hydrogens (primary N) is 2. The van der Waals surface area contributed by atoms with Crippen molar-refractivity contribution in [3.8, 4) is 0 Å². The highest BCUT2D eigenvalue weighted by Crippen LogP contribution is 2.19. The smallest absolute Gasteiger partial charge is 0.322 e. The first-order valence-electron chi connectivity index (χ1n) is 10.4. The Labute approximate surface area is 194 Å². The number of amides is 4. The van der Waals surface area contributed by atoms with Gasteiger partial charge in [0, 0.05) is 29.9 Å². The molecule has 0 radical (unpaired) electrons. The number of aromatic nitrogens is 1. The van der Waals surface area contributed by atoms with E-state index in [4.69, 9.17) is 16.6 Å². The maximum atomic E-state index is 13.0. The number of aliphatic carboxylic acids is 1. The van der Waals surface area contributed by atoms with Gasteiger partial charge in [0.1, 0.15) is 18.6 Å². The molecule has 1 heterocycles. The number of hydrogen-bond donors (Lipinski definition) is 8. The van der Waals surface area contributed by atoms with Crippen LogP contribution in [0.4, 0.5) is 0 Å². The van der Waals surface area contributed by atoms with Crippen LogP contribution in [0, 0.1) is 0 Å². The molecule has 2 aromatic rings. The minimum atomic E-state index is -1.45. The second kappa shape index (κ2) is 12.3. The minimum Gasteiger partial charge on any atom is -0.480 e. The van der Waals surface area contributed by atoms with Gasteiger partial charge in [-0.25, -0.2) is 0 Å². The van der Waals surface area contributed by atoms with Crippen LogP contribution in [0.2, 0.25) is 0 Å². The summed E-state index contributed by atoms with van der Waals surface area (Å²) in [6.45, 7) is -1.50. The van der Waals surface area contributed by atoms with Crippen molar-refractivity contribution in [1.82, 2.24) is 20.9 Å². The summed E-state index contributed by atoms with van der Waals surface area (Å²) in [5, 5.41) is 25.9. The van der Waals surface area contributed by atoms with Gasteiger partial charge < -0.3 is 42.6 Å². The largest absolute Gasteiger partial charge is 0.480 e. The highest BCUT2D eigenvalue weighted by Gasteiger charge is 2.29. The number of H-pyrrole nitrogens is 1. The van der Waals surface area contributed by atoms with Crippen molar-refractivity contribution >= 4 is 40.5 Å². The molecule has 3 atom stereocenters. The van der Waals surface area contributed by atoms with Gasteiger partial charge >= 0.3 is 5.97 Å². The van der Waals surface area contributed by atoms with Crippen LogP contribution in [0.1, 0.15) is 18.4 Å². The van der Waals surface area contributed by atoms with Crippen LogP contribution in [-0.2, 0) is 30.4 Å². The van der Waals surface area contributed by atoms with E-state index in [-0.39, 0.29) is 19.3 Å². The van der Waals surface area contributed by atoms with Gasteiger partial charge in [0.2, 0.25) is 23.6 Å². The normalized spacial score (nSPS) is 13.5. The lowest BCUT2D eigenvalue weighted by Crippen LogP contribution is -2.57. The summed E-state index contributed by atoms with van der Waals surface area (Å²) in [7, 11) is 0. The zero-order valence-corrected chi connectivity index (χ0v) is 18.2. The molecule has 184 valence electrons. The van der Waals surface area contributed by atoms with Crippen molar-refractivity contribution in [3.63, 3.8) is 0 Å². The lowest BCUT2D eigenvalue weighted by Gasteiger charge is -2.23. The van der Waals surface area contributed by atoms with Crippen LogP contribution >= 0.6 is 0 Å². The molecule has 0 saturated carbocycles. The van der Waals surface area contributed by atoms with E-state index in [1.54, 1.807) is 6.20 Å². The number of carboxylic acids is 1. The quantitative estimate of drug-likeness (QED) is 0.153. The Balaban J connectivity index is 2.20. The molecule has 0 aliphatic carbocycles. The molecule has 0 fully saturated rings. The Hall–Kier alpha value is -3.97. The number of benzene rings is 1. The first kappa shape index (κ1) is 26.3. The summed E-state index contributed by atoms with van der Waals surface area (Å²) < 4.78 is 0. The van der Waals surface area contributed by atoms with Crippen molar-refractivity contribution in [2.45, 2.75) is 37.4 Å². The first-order valence-corrected chi connectivity index (χ1v) is 10.4. The number of carbonyl (C=O) groups is 5. The van der Waals surface area contributed by atoms with Crippen molar-refractivity contribution in [1.29, 1.82) is 0 Å². The van der Waals surface area contributed by atoms with Crippen LogP contribution < -0.4 is 27.4 Å². The number of aromatic amines is 1. The second-order valence-electron chi connectivity index (χ2n) is 7.59. The van der Waals surface area contributed by atoms with Crippen molar-refractivity contribution in [2.75, 3.05) is 13.2 Å². The highest BCUT2D eigenvalue weighted by atomic mass is 16.4. The van der Waals surface area contributed by atoms with Gasteiger partial charge in [0.05, 0.1) is 12.6 Å². The molecule has 0 aliphatic heterocycles. The third-order valence-electron chi connectivity index (χ3n) is 5.00. The molecule has 13 nitrogen and oxygen atoms in total. The molecule has 10 N–H and O–H groups in total. The van der Waals surface area contributed by atoms with E-state index in [1.807, 2.05) is 24.3 Å². The van der Waals surface area contributed by atoms with Gasteiger partial charge in [-0.05, 0) is 18.1 Å². The Morgan fingerprint density at radius 2 is 1.68 bits per heavy atom. The van der Waals surface area contributed by atoms with Gasteiger partial charge in [-0.2, -0.15) is 0 Å². The number of primary amides is 1. The molecule has 0 spiro atoms. The monoisotopic (exact) mass is 476 g/mol. The molecule has 13 heteroatoms. The van der Waals surface area contributed by atoms with Crippen LogP contribution in [0.25, 0.3) is 10.9 Å². The number of fused-ring (bicyclic) bond motifs is 1. The third-order valence-corrected chi connectivity index (χ3v) is 5.00. The summed E-state index contributed by atoms with van der Waals surface area (Å²) in [6, 6.07) is 3.53. The van der Waals surface area contributed by atoms with Crippen molar-refractivity contribution in [3.05, 3.63) is 36.0 Å². The number of carbonyl (C=O) groups excluding carboxylic acids is 4. The van der Waals surface area contributed by atoms with Crippen LogP contribution in [0.5, 0.6) is 0 Å². The van der Waals surface area contributed by atoms with Gasteiger partial charge in [-0.1, -0.05) is 18.2 Å². The van der Waals surface area contributed by atoms with E-state index in [0.717, 1.165) is 10.9 Å². The van der Waals surface area contributed by atoms with Gasteiger partial charge in [-0.15, -0.1) is 0 Å². The number of nitrogens with one attached hydrogen (secondary N) is 4. The number of aliphatic hydroxyl groups excluding tert-OH is 1. The number of carboxylic acid groups (broad SMARTS) is 1. The summed E-state index contributed by atoms with van der Waals surface area (Å²) in [4.78, 5) is 62.3. The Bertz CT molecular complexity index is 1050. The molecule has 0 bridgehead atoms. The zero-order valence-electron chi connectivity index (χ0n) is 18.2. The molecule has 1 aromatic carbocycles. The fourth-order valence-electron chi connectivity index (χ4n) is 3.19. The molecule has 0 saturated heterocycles. The summed E-state index contributed by atoms with van der Waals surface area (Å²) >= 11 is 0. The molecule has 4 amide bonds. The number of para-hydroxylation sites is 1. The fourth-order valence-corrected chi connectivity index (χ4v) is 3.19. The van der Waals surface area contributed by atoms with Crippen LogP contribution in [0.3, 0.4) is 0 Å². The Morgan fingerprint density at radius 1 is 1.00 bits per heavy atom. The molecule has 34 heavy (non-hydrogen) atoms. The molecule has 2 rings (SSSR count). The molecular formula is C21H28N6O7. The lowest BCUT2D eigenvalue weighted by molar-refractivity contribution is -0.139. The Morgan fingerprint density at radius 3 is 2.32 bits per heavy atom. The molecular weight excluding hydrogens is 448 g/mol. The number of aliphatic hydroxyl groups is 1. The number of hydrogen-bond acceptors (Lipinski definition) is 7. The molecule has 1 aromatic heterocycles. The fraction of sp³-hybridized carbons (Fsp3) is 0.381. The molecule has 3 unspecified atom stereocenters. The summed E-state index contributed by atoms with van der Waals surface area (Å²) in [5.41, 5.74) is 12.4. The average molecular weight is 476 g/mol. The SMILES string of the molecule is NC(=O)CCC(N)C(=O)NC(Cc1c[nH]c2ccccc12)C(=O)NC(CO)C(=O)NCC(=O)O. The van der Waals surface area contributed by atoms with E-state index in [0.29, 0.717) is 5.56 Å². The van der Waals surface area contributed by atoms with E-state index in [1.165, 1.54) is 0 Å². The third kappa shape index (κ3) is 7.56. The first-order chi connectivity index (χ1) is 16.1. The zero-order chi connectivity index (χ0) is 25.3. The van der Waals surface area contributed by atoms with Crippen molar-refractivity contribution in [2.24, 2.45) is 11.5 Å². The van der Waals surface area contributed by atoms with Crippen LogP contribution in [0.15, 0.2) is 30.5 Å². The Kier molecular flexibility index (Phi) is 9.52. The van der Waals surface area contributed by atoms with Crippen molar-refractivity contribution < 1.29 is 34.2 Å². The average Bonchev–Trinajstić information content (AvgIpc) is 3.21. The summed E-state index contributed by atoms with van der Waals surface area (Å²) in [6.07, 6.45) is 1.54. The second-order valence-corrected chi connectivity index (χ2v) is 7.59. The topological polar surface area (TPSA) is 230 Å². The van der Waals surface area contributed by atoms with Gasteiger partial charge in [0.15, 0.2) is 0 Å². The van der Waals surface area contributed by atoms with Gasteiger partial charge in [0.25, 0.3) is 0 Å². The maximum absolute atomic E-state index is 13.0. The highest BCUT2D eigenvalue weighted by molar-refractivity contribution is 5.94. The standard InChI is InChI=1S/C21H28N6O7/c22-13(5-6-17(23)29)19(32)26-15(7-11-8-24-14-4-2-1-3-12(11)14)21(34)27-16(10-28)20(33)25-9-18(30)31/h1-4,8,13,15-16,24,28H,5-7,9-10,22H2,(H2,23,29)(H,25,33)(H,26,32)(H,27,34)(H,30,31). The number of rotatable bonds is 13. The molecule has 0 aliphatic rings. The van der Waals surface area contributed by atoms with E-state index in [2.05, 4.69) is 20.9 Å². The van der Waals surface area contributed by atoms with Gasteiger partial charge in [-0.3, -0.25) is 24.0 Å². The maximum Gasteiger partial charge on any atom is 0.322 e. The minimum absolute atomic E-state index is 0.0129. The predicted molar refractivity (Wildman–Crippen MR) is 120 cm³/mol. The van der Waals surface area contributed by atoms with E-state index < -0.39 is 60.9 Å². The summed E-state index contributed by atoms with van der Waals surface area (Å²) in [5.74, 6) is -4.35. The predicted octanol–water partition coefficient (Wildman–Crippen LogP) is -2.53. The van der Waals surface area contributed by atoms with E-state index >= 15 is 0 Å².